The maximum Gasteiger partial charge on any atom is 0.288 e. The fourth-order valence-electron chi connectivity index (χ4n) is 0.691. The molecule has 0 aliphatic heterocycles. The zero-order chi connectivity index (χ0) is 10.0. The molecular weight excluding hydrogens is 217 g/mol. The molecule has 0 amide bonds. The molecule has 0 atom stereocenters. The van der Waals surface area contributed by atoms with E-state index in [0.29, 0.717) is 0 Å². The molecule has 1 N–H and O–H groups in total. The first kappa shape index (κ1) is 9.88. The van der Waals surface area contributed by atoms with Crippen molar-refractivity contribution >= 4 is 34.1 Å². The molecule has 0 aliphatic carbocycles. The number of aromatic nitrogens is 1. The standard InChI is InChI=1S/C6H3Cl2N3O2/c7-5(9)4-1-3(11(12)13)2-10-6(4)8/h1-2,9H. The molecular formula is C6H3Cl2N3O2. The molecule has 0 radical (unpaired) electrons. The van der Waals surface area contributed by atoms with Crippen LogP contribution in [0, 0.1) is 15.5 Å². The van der Waals surface area contributed by atoms with Crippen molar-refractivity contribution in [1.29, 1.82) is 5.41 Å². The van der Waals surface area contributed by atoms with Crippen molar-refractivity contribution in [3.05, 3.63) is 33.1 Å². The minimum absolute atomic E-state index is 0.0226. The van der Waals surface area contributed by atoms with Gasteiger partial charge in [-0.15, -0.1) is 0 Å². The van der Waals surface area contributed by atoms with E-state index in [1.54, 1.807) is 0 Å². The SMILES string of the molecule is N=C(Cl)c1cc([N+](=O)[O-])cnc1Cl. The summed E-state index contributed by atoms with van der Waals surface area (Å²) in [7, 11) is 0. The van der Waals surface area contributed by atoms with Crippen molar-refractivity contribution in [2.45, 2.75) is 0 Å². The molecule has 1 aromatic heterocycles. The highest BCUT2D eigenvalue weighted by atomic mass is 35.5. The number of nitrogens with zero attached hydrogens (tertiary/aromatic N) is 2. The van der Waals surface area contributed by atoms with Crippen molar-refractivity contribution < 1.29 is 4.92 Å². The number of pyridine rings is 1. The topological polar surface area (TPSA) is 79.9 Å². The Hall–Kier alpha value is -1.20. The fourth-order valence-corrected chi connectivity index (χ4v) is 1.08. The van der Waals surface area contributed by atoms with Gasteiger partial charge in [-0.2, -0.15) is 0 Å². The van der Waals surface area contributed by atoms with Crippen LogP contribution in [0.4, 0.5) is 5.69 Å². The van der Waals surface area contributed by atoms with Crippen molar-refractivity contribution in [2.75, 3.05) is 0 Å². The van der Waals surface area contributed by atoms with Crippen LogP contribution < -0.4 is 0 Å². The Balaban J connectivity index is 3.27. The van der Waals surface area contributed by atoms with Gasteiger partial charge in [0, 0.05) is 6.07 Å². The maximum absolute atomic E-state index is 10.3. The van der Waals surface area contributed by atoms with E-state index in [1.807, 2.05) is 0 Å². The van der Waals surface area contributed by atoms with Gasteiger partial charge >= 0.3 is 0 Å². The van der Waals surface area contributed by atoms with E-state index in [0.717, 1.165) is 12.3 Å². The van der Waals surface area contributed by atoms with E-state index in [2.05, 4.69) is 4.98 Å². The Morgan fingerprint density at radius 1 is 1.69 bits per heavy atom. The summed E-state index contributed by atoms with van der Waals surface area (Å²) in [5.41, 5.74) is -0.192. The summed E-state index contributed by atoms with van der Waals surface area (Å²) in [6, 6.07) is 1.10. The van der Waals surface area contributed by atoms with Crippen molar-refractivity contribution in [1.82, 2.24) is 4.98 Å². The Kier molecular flexibility index (Phi) is 2.79. The molecule has 13 heavy (non-hydrogen) atoms. The lowest BCUT2D eigenvalue weighted by Crippen LogP contribution is -1.96. The smallest absolute Gasteiger partial charge is 0.288 e. The van der Waals surface area contributed by atoms with Crippen LogP contribution in [0.2, 0.25) is 5.15 Å². The highest BCUT2D eigenvalue weighted by Gasteiger charge is 2.12. The second-order valence-electron chi connectivity index (χ2n) is 2.10. The van der Waals surface area contributed by atoms with E-state index in [-0.39, 0.29) is 21.6 Å². The molecule has 0 aromatic carbocycles. The lowest BCUT2D eigenvalue weighted by Gasteiger charge is -1.98. The van der Waals surface area contributed by atoms with E-state index in [4.69, 9.17) is 28.6 Å². The molecule has 0 spiro atoms. The number of nitrogens with one attached hydrogen (secondary N) is 1. The molecule has 7 heteroatoms. The van der Waals surface area contributed by atoms with Crippen LogP contribution in [-0.2, 0) is 0 Å². The molecule has 0 saturated carbocycles. The van der Waals surface area contributed by atoms with E-state index < -0.39 is 4.92 Å². The second kappa shape index (κ2) is 3.68. The molecule has 5 nitrogen and oxygen atoms in total. The number of nitro groups is 1. The zero-order valence-corrected chi connectivity index (χ0v) is 7.63. The summed E-state index contributed by atoms with van der Waals surface area (Å²) >= 11 is 10.9. The second-order valence-corrected chi connectivity index (χ2v) is 2.84. The Bertz CT molecular complexity index is 380. The van der Waals surface area contributed by atoms with Crippen LogP contribution in [0.5, 0.6) is 0 Å². The fraction of sp³-hybridized carbons (Fsp3) is 0. The van der Waals surface area contributed by atoms with E-state index >= 15 is 0 Å². The predicted molar refractivity (Wildman–Crippen MR) is 48.6 cm³/mol. The van der Waals surface area contributed by atoms with Crippen molar-refractivity contribution in [3.63, 3.8) is 0 Å². The maximum atomic E-state index is 10.3. The molecule has 68 valence electrons. The summed E-state index contributed by atoms with van der Waals surface area (Å²) in [4.78, 5) is 13.2. The quantitative estimate of drug-likeness (QED) is 0.359. The van der Waals surface area contributed by atoms with Crippen LogP contribution >= 0.6 is 23.2 Å². The molecule has 0 bridgehead atoms. The van der Waals surface area contributed by atoms with Crippen LogP contribution in [0.3, 0.4) is 0 Å². The van der Waals surface area contributed by atoms with Gasteiger partial charge in [-0.25, -0.2) is 4.98 Å². The van der Waals surface area contributed by atoms with Gasteiger partial charge in [-0.3, -0.25) is 15.5 Å². The summed E-state index contributed by atoms with van der Waals surface area (Å²) in [6.45, 7) is 0. The summed E-state index contributed by atoms with van der Waals surface area (Å²) in [5, 5.41) is 16.9. The first-order valence-electron chi connectivity index (χ1n) is 3.06. The van der Waals surface area contributed by atoms with Gasteiger partial charge in [-0.1, -0.05) is 23.2 Å². The van der Waals surface area contributed by atoms with Crippen LogP contribution in [0.25, 0.3) is 0 Å². The predicted octanol–water partition coefficient (Wildman–Crippen LogP) is 2.21. The molecule has 0 unspecified atom stereocenters. The summed E-state index contributed by atoms with van der Waals surface area (Å²) in [5.74, 6) is 0. The van der Waals surface area contributed by atoms with Gasteiger partial charge in [0.15, 0.2) is 0 Å². The van der Waals surface area contributed by atoms with Gasteiger partial charge in [0.25, 0.3) is 5.69 Å². The van der Waals surface area contributed by atoms with E-state index in [9.17, 15) is 10.1 Å². The Morgan fingerprint density at radius 3 is 2.77 bits per heavy atom. The normalized spacial score (nSPS) is 9.69. The molecule has 0 fully saturated rings. The van der Waals surface area contributed by atoms with Gasteiger partial charge in [0.05, 0.1) is 10.5 Å². The van der Waals surface area contributed by atoms with Crippen molar-refractivity contribution in [3.8, 4) is 0 Å². The average Bonchev–Trinajstić information content (AvgIpc) is 2.04. The Morgan fingerprint density at radius 2 is 2.31 bits per heavy atom. The molecule has 1 rings (SSSR count). The van der Waals surface area contributed by atoms with Crippen LogP contribution in [0.15, 0.2) is 12.3 Å². The lowest BCUT2D eigenvalue weighted by atomic mass is 10.3. The summed E-state index contributed by atoms with van der Waals surface area (Å²) < 4.78 is 0. The van der Waals surface area contributed by atoms with Gasteiger partial charge in [-0.05, 0) is 0 Å². The van der Waals surface area contributed by atoms with E-state index in [1.165, 1.54) is 0 Å². The molecule has 0 aliphatic rings. The number of hydrogen-bond acceptors (Lipinski definition) is 4. The minimum Gasteiger partial charge on any atom is -0.289 e. The first-order valence-corrected chi connectivity index (χ1v) is 3.82. The number of halogens is 2. The average molecular weight is 220 g/mol. The number of hydrogen-bond donors (Lipinski definition) is 1. The largest absolute Gasteiger partial charge is 0.289 e. The first-order chi connectivity index (χ1) is 6.02. The summed E-state index contributed by atoms with van der Waals surface area (Å²) in [6.07, 6.45) is 1.01. The highest BCUT2D eigenvalue weighted by Crippen LogP contribution is 2.20. The molecule has 1 aromatic rings. The van der Waals surface area contributed by atoms with Gasteiger partial charge in [0.2, 0.25) is 0 Å². The Labute approximate surface area is 83.0 Å². The third-order valence-electron chi connectivity index (χ3n) is 1.27. The zero-order valence-electron chi connectivity index (χ0n) is 6.12. The van der Waals surface area contributed by atoms with Crippen LogP contribution in [-0.4, -0.2) is 15.1 Å². The minimum atomic E-state index is -0.632. The molecule has 1 heterocycles. The molecule has 0 saturated heterocycles. The highest BCUT2D eigenvalue weighted by molar-refractivity contribution is 6.69. The monoisotopic (exact) mass is 219 g/mol. The van der Waals surface area contributed by atoms with Gasteiger partial charge in [0.1, 0.15) is 16.5 Å². The number of rotatable bonds is 2. The van der Waals surface area contributed by atoms with Crippen LogP contribution in [0.1, 0.15) is 5.56 Å². The third kappa shape index (κ3) is 2.13. The third-order valence-corrected chi connectivity index (χ3v) is 1.78. The van der Waals surface area contributed by atoms with Gasteiger partial charge < -0.3 is 0 Å². The lowest BCUT2D eigenvalue weighted by molar-refractivity contribution is -0.385. The van der Waals surface area contributed by atoms with Crippen molar-refractivity contribution in [2.24, 2.45) is 0 Å².